The molecule has 0 atom stereocenters. The fourth-order valence-electron chi connectivity index (χ4n) is 2.16. The van der Waals surface area contributed by atoms with E-state index in [0.29, 0.717) is 22.3 Å². The van der Waals surface area contributed by atoms with Crippen molar-refractivity contribution in [2.45, 2.75) is 11.3 Å². The van der Waals surface area contributed by atoms with Crippen LogP contribution in [-0.4, -0.2) is 44.9 Å². The topological polar surface area (TPSA) is 117 Å². The van der Waals surface area contributed by atoms with E-state index in [1.54, 1.807) is 47.9 Å². The Labute approximate surface area is 170 Å². The van der Waals surface area contributed by atoms with Gasteiger partial charge in [-0.25, -0.2) is 4.68 Å². The van der Waals surface area contributed by atoms with E-state index in [1.165, 1.54) is 11.3 Å². The largest absolute Gasteiger partial charge is 0.506 e. The van der Waals surface area contributed by atoms with Gasteiger partial charge >= 0.3 is 0 Å². The van der Waals surface area contributed by atoms with E-state index in [1.807, 2.05) is 25.9 Å². The lowest BCUT2D eigenvalue weighted by Crippen LogP contribution is -2.08. The van der Waals surface area contributed by atoms with Gasteiger partial charge in [0.1, 0.15) is 17.1 Å². The molecule has 3 rings (SSSR count). The predicted octanol–water partition coefficient (Wildman–Crippen LogP) is 4.99. The van der Waals surface area contributed by atoms with Gasteiger partial charge in [0.2, 0.25) is 0 Å². The van der Waals surface area contributed by atoms with Crippen LogP contribution in [0, 0.1) is 0 Å². The third-order valence-corrected chi connectivity index (χ3v) is 5.34. The fourth-order valence-corrected chi connectivity index (χ4v) is 3.72. The molecule has 0 spiro atoms. The van der Waals surface area contributed by atoms with Gasteiger partial charge in [-0.15, -0.1) is 30.7 Å². The Morgan fingerprint density at radius 3 is 2.61 bits per heavy atom. The molecule has 0 saturated heterocycles. The maximum absolute atomic E-state index is 10.3. The van der Waals surface area contributed by atoms with Crippen LogP contribution in [0.4, 0.5) is 28.0 Å². The van der Waals surface area contributed by atoms with Crippen molar-refractivity contribution in [1.29, 1.82) is 0 Å². The number of hydrogen-bond acceptors (Lipinski definition) is 11. The minimum Gasteiger partial charge on any atom is -0.506 e. The van der Waals surface area contributed by atoms with E-state index < -0.39 is 0 Å². The zero-order valence-electron chi connectivity index (χ0n) is 15.8. The van der Waals surface area contributed by atoms with Gasteiger partial charge in [-0.05, 0) is 11.8 Å². The van der Waals surface area contributed by atoms with Crippen LogP contribution < -0.4 is 4.90 Å². The van der Waals surface area contributed by atoms with E-state index in [4.69, 9.17) is 0 Å². The molecule has 28 heavy (non-hydrogen) atoms. The normalized spacial score (nSPS) is 11.7. The Kier molecular flexibility index (Phi) is 6.31. The molecule has 2 aromatic heterocycles. The number of benzene rings is 1. The molecule has 1 N–H and O–H groups in total. The third kappa shape index (κ3) is 4.70. The molecule has 0 radical (unpaired) electrons. The molecular formula is C16H19N9OS2. The summed E-state index contributed by atoms with van der Waals surface area (Å²) >= 11 is 2.93. The molecule has 0 unspecified atom stereocenters. The van der Waals surface area contributed by atoms with E-state index >= 15 is 0 Å². The molecule has 0 fully saturated rings. The lowest BCUT2D eigenvalue weighted by Gasteiger charge is -2.15. The molecule has 0 aliphatic rings. The summed E-state index contributed by atoms with van der Waals surface area (Å²) in [6.45, 7) is 2.04. The minimum absolute atomic E-state index is 0.0143. The van der Waals surface area contributed by atoms with Gasteiger partial charge in [-0.1, -0.05) is 30.0 Å². The highest BCUT2D eigenvalue weighted by Gasteiger charge is 2.12. The van der Waals surface area contributed by atoms with Crippen molar-refractivity contribution in [2.75, 3.05) is 24.7 Å². The molecule has 2 heterocycles. The Morgan fingerprint density at radius 2 is 1.93 bits per heavy atom. The molecule has 3 aromatic rings. The molecule has 0 amide bonds. The van der Waals surface area contributed by atoms with Crippen LogP contribution in [-0.2, 0) is 7.05 Å². The SMILES string of the molecule is CCSc1nnc(N=Nc2cc(N=Nc3ccnn3C)c(N(C)C)cc2O)s1. The van der Waals surface area contributed by atoms with Crippen molar-refractivity contribution >= 4 is 51.1 Å². The number of phenols is 1. The minimum atomic E-state index is -0.0143. The Hall–Kier alpha value is -2.86. The number of thioether (sulfide) groups is 1. The number of rotatable bonds is 7. The molecule has 10 nitrogen and oxygen atoms in total. The molecule has 146 valence electrons. The van der Waals surface area contributed by atoms with Crippen molar-refractivity contribution in [3.05, 3.63) is 24.4 Å². The molecule has 1 aromatic carbocycles. The third-order valence-electron chi connectivity index (χ3n) is 3.52. The van der Waals surface area contributed by atoms with Gasteiger partial charge < -0.3 is 10.0 Å². The van der Waals surface area contributed by atoms with Gasteiger partial charge in [-0.3, -0.25) is 0 Å². The summed E-state index contributed by atoms with van der Waals surface area (Å²) in [6, 6.07) is 4.95. The van der Waals surface area contributed by atoms with Gasteiger partial charge in [0, 0.05) is 33.3 Å². The highest BCUT2D eigenvalue weighted by atomic mass is 32.2. The highest BCUT2D eigenvalue weighted by molar-refractivity contribution is 8.01. The van der Waals surface area contributed by atoms with Gasteiger partial charge in [0.15, 0.2) is 10.2 Å². The molecule has 0 aliphatic carbocycles. The summed E-state index contributed by atoms with van der Waals surface area (Å²) in [6.07, 6.45) is 1.64. The zero-order valence-corrected chi connectivity index (χ0v) is 17.4. The highest BCUT2D eigenvalue weighted by Crippen LogP contribution is 2.40. The first-order chi connectivity index (χ1) is 13.5. The Morgan fingerprint density at radius 1 is 1.14 bits per heavy atom. The number of anilines is 1. The number of hydrogen-bond donors (Lipinski definition) is 1. The summed E-state index contributed by atoms with van der Waals surface area (Å²) in [7, 11) is 5.49. The molecule has 0 bridgehead atoms. The fraction of sp³-hybridized carbons (Fsp3) is 0.312. The average molecular weight is 418 g/mol. The number of azo groups is 2. The predicted molar refractivity (Wildman–Crippen MR) is 110 cm³/mol. The molecule has 0 saturated carbocycles. The van der Waals surface area contributed by atoms with Gasteiger partial charge in [0.25, 0.3) is 5.13 Å². The van der Waals surface area contributed by atoms with Crippen molar-refractivity contribution in [2.24, 2.45) is 27.5 Å². The van der Waals surface area contributed by atoms with E-state index in [-0.39, 0.29) is 11.4 Å². The van der Waals surface area contributed by atoms with Crippen LogP contribution in [0.5, 0.6) is 5.75 Å². The van der Waals surface area contributed by atoms with Crippen LogP contribution in [0.15, 0.2) is 49.2 Å². The second kappa shape index (κ2) is 8.89. The first-order valence-electron chi connectivity index (χ1n) is 8.30. The second-order valence-corrected chi connectivity index (χ2v) is 8.19. The number of aromatic nitrogens is 4. The Balaban J connectivity index is 1.92. The van der Waals surface area contributed by atoms with Crippen LogP contribution in [0.1, 0.15) is 6.92 Å². The van der Waals surface area contributed by atoms with E-state index in [9.17, 15) is 5.11 Å². The number of aryl methyl sites for hydroxylation is 1. The quantitative estimate of drug-likeness (QED) is 0.428. The van der Waals surface area contributed by atoms with Crippen molar-refractivity contribution in [1.82, 2.24) is 20.0 Å². The van der Waals surface area contributed by atoms with Crippen molar-refractivity contribution < 1.29 is 5.11 Å². The lowest BCUT2D eigenvalue weighted by molar-refractivity contribution is 0.476. The summed E-state index contributed by atoms with van der Waals surface area (Å²) in [5.41, 5.74) is 1.50. The monoisotopic (exact) mass is 417 g/mol. The van der Waals surface area contributed by atoms with Gasteiger partial charge in [-0.2, -0.15) is 5.10 Å². The van der Waals surface area contributed by atoms with Crippen LogP contribution in [0.2, 0.25) is 0 Å². The molecule has 12 heteroatoms. The summed E-state index contributed by atoms with van der Waals surface area (Å²) < 4.78 is 2.44. The molecule has 0 aliphatic heterocycles. The van der Waals surface area contributed by atoms with Crippen LogP contribution in [0.25, 0.3) is 0 Å². The first-order valence-corrected chi connectivity index (χ1v) is 10.1. The number of aromatic hydroxyl groups is 1. The lowest BCUT2D eigenvalue weighted by atomic mass is 10.2. The second-order valence-electron chi connectivity index (χ2n) is 5.72. The molecular weight excluding hydrogens is 398 g/mol. The maximum atomic E-state index is 10.3. The summed E-state index contributed by atoms with van der Waals surface area (Å²) in [5, 5.41) is 39.5. The number of nitrogens with zero attached hydrogens (tertiary/aromatic N) is 9. The maximum Gasteiger partial charge on any atom is 0.252 e. The smallest absolute Gasteiger partial charge is 0.252 e. The van der Waals surface area contributed by atoms with Crippen LogP contribution >= 0.6 is 23.1 Å². The van der Waals surface area contributed by atoms with E-state index in [2.05, 4.69) is 35.8 Å². The number of phenolic OH excluding ortho intramolecular Hbond substituents is 1. The summed E-state index contributed by atoms with van der Waals surface area (Å²) in [4.78, 5) is 1.83. The van der Waals surface area contributed by atoms with Crippen LogP contribution in [0.3, 0.4) is 0 Å². The standard InChI is InChI=1S/C16H19N9OS2/c1-5-27-16-23-22-15(28-16)21-19-11-8-10(12(24(2)3)9-13(11)26)18-20-14-6-7-17-25(14)4/h6-9,26H,5H2,1-4H3. The van der Waals surface area contributed by atoms with Crippen molar-refractivity contribution in [3.63, 3.8) is 0 Å². The Bertz CT molecular complexity index is 1010. The first kappa shape index (κ1) is 19.9. The van der Waals surface area contributed by atoms with Gasteiger partial charge in [0.05, 0.1) is 11.9 Å². The summed E-state index contributed by atoms with van der Waals surface area (Å²) in [5.74, 6) is 1.50. The van der Waals surface area contributed by atoms with E-state index in [0.717, 1.165) is 10.1 Å². The van der Waals surface area contributed by atoms with Crippen molar-refractivity contribution in [3.8, 4) is 5.75 Å². The zero-order chi connectivity index (χ0) is 20.1. The average Bonchev–Trinajstić information content (AvgIpc) is 3.28.